The summed E-state index contributed by atoms with van der Waals surface area (Å²) in [5.74, 6) is 0.828. The summed E-state index contributed by atoms with van der Waals surface area (Å²) in [6, 6.07) is 28.9. The fraction of sp³-hybridized carbons (Fsp3) is 0.0323. The van der Waals surface area contributed by atoms with Crippen LogP contribution in [0, 0.1) is 6.92 Å². The number of rotatable bonds is 5. The number of aromatic nitrogens is 3. The van der Waals surface area contributed by atoms with E-state index >= 15 is 0 Å². The van der Waals surface area contributed by atoms with Gasteiger partial charge in [0.25, 0.3) is 0 Å². The molecule has 6 rings (SSSR count). The zero-order chi connectivity index (χ0) is 27.6. The molecule has 0 atom stereocenters. The Morgan fingerprint density at radius 1 is 0.950 bits per heavy atom. The van der Waals surface area contributed by atoms with Crippen LogP contribution in [-0.2, 0) is 4.79 Å². The van der Waals surface area contributed by atoms with Crippen LogP contribution in [0.5, 0.6) is 0 Å². The van der Waals surface area contributed by atoms with Gasteiger partial charge >= 0.3 is 0 Å². The van der Waals surface area contributed by atoms with Crippen LogP contribution in [-0.4, -0.2) is 26.0 Å². The number of fused-ring (bicyclic) bond motifs is 2. The fourth-order valence-electron chi connectivity index (χ4n) is 4.37. The van der Waals surface area contributed by atoms with Gasteiger partial charge in [-0.25, -0.2) is 0 Å². The molecule has 0 aliphatic rings. The molecule has 9 heteroatoms. The van der Waals surface area contributed by atoms with Crippen molar-refractivity contribution >= 4 is 68.4 Å². The first-order valence-corrected chi connectivity index (χ1v) is 13.2. The number of furan rings is 1. The first-order chi connectivity index (χ1) is 19.4. The number of anilines is 1. The maximum atomic E-state index is 12.5. The maximum Gasteiger partial charge on any atom is 0.250 e. The van der Waals surface area contributed by atoms with E-state index in [0.29, 0.717) is 22.1 Å². The summed E-state index contributed by atoms with van der Waals surface area (Å²) in [7, 11) is 0. The standard InChI is InChI=1S/C31H22ClN5O2S/c1-19-17-26-27(36-37(35-26)28-8-4-6-20-5-2-3-7-24(20)28)18-25(19)33-31(40)34-30(38)16-14-23-13-15-29(39-23)21-9-11-22(32)12-10-21/h2-18H,1H3,(H2,33,34,38,40). The summed E-state index contributed by atoms with van der Waals surface area (Å²) >= 11 is 11.3. The highest BCUT2D eigenvalue weighted by Crippen LogP contribution is 2.26. The minimum atomic E-state index is -0.387. The number of benzene rings is 4. The van der Waals surface area contributed by atoms with E-state index in [9.17, 15) is 4.79 Å². The molecule has 2 aromatic heterocycles. The van der Waals surface area contributed by atoms with Crippen molar-refractivity contribution in [1.82, 2.24) is 20.3 Å². The van der Waals surface area contributed by atoms with Gasteiger partial charge in [0, 0.05) is 27.7 Å². The number of amides is 1. The summed E-state index contributed by atoms with van der Waals surface area (Å²) in [5.41, 5.74) is 4.88. The van der Waals surface area contributed by atoms with Crippen molar-refractivity contribution < 1.29 is 9.21 Å². The Morgan fingerprint density at radius 2 is 1.70 bits per heavy atom. The molecule has 6 aromatic rings. The van der Waals surface area contributed by atoms with E-state index in [1.807, 2.05) is 61.5 Å². The van der Waals surface area contributed by atoms with E-state index in [1.54, 1.807) is 29.1 Å². The van der Waals surface area contributed by atoms with Gasteiger partial charge < -0.3 is 9.73 Å². The van der Waals surface area contributed by atoms with Crippen LogP contribution in [0.3, 0.4) is 0 Å². The Hall–Kier alpha value is -4.79. The van der Waals surface area contributed by atoms with Crippen LogP contribution in [0.25, 0.3) is 44.9 Å². The summed E-state index contributed by atoms with van der Waals surface area (Å²) < 4.78 is 5.80. The lowest BCUT2D eigenvalue weighted by Crippen LogP contribution is -2.33. The summed E-state index contributed by atoms with van der Waals surface area (Å²) in [6.07, 6.45) is 2.95. The van der Waals surface area contributed by atoms with Crippen molar-refractivity contribution in [2.24, 2.45) is 0 Å². The molecule has 1 amide bonds. The lowest BCUT2D eigenvalue weighted by molar-refractivity contribution is -0.115. The van der Waals surface area contributed by atoms with Gasteiger partial charge in [0.2, 0.25) is 5.91 Å². The van der Waals surface area contributed by atoms with Crippen molar-refractivity contribution in [3.8, 4) is 17.0 Å². The summed E-state index contributed by atoms with van der Waals surface area (Å²) in [4.78, 5) is 14.1. The van der Waals surface area contributed by atoms with E-state index in [2.05, 4.69) is 28.8 Å². The molecular weight excluding hydrogens is 542 g/mol. The predicted octanol–water partition coefficient (Wildman–Crippen LogP) is 7.32. The van der Waals surface area contributed by atoms with Crippen molar-refractivity contribution in [3.05, 3.63) is 113 Å². The van der Waals surface area contributed by atoms with Crippen LogP contribution in [0.15, 0.2) is 101 Å². The Bertz CT molecular complexity index is 1920. The highest BCUT2D eigenvalue weighted by Gasteiger charge is 2.12. The van der Waals surface area contributed by atoms with E-state index in [-0.39, 0.29) is 11.0 Å². The van der Waals surface area contributed by atoms with Gasteiger partial charge in [-0.1, -0.05) is 48.0 Å². The number of carbonyl (C=O) groups excluding carboxylic acids is 1. The van der Waals surface area contributed by atoms with Crippen molar-refractivity contribution in [2.45, 2.75) is 6.92 Å². The number of nitrogens with one attached hydrogen (secondary N) is 2. The Labute approximate surface area is 240 Å². The fourth-order valence-corrected chi connectivity index (χ4v) is 4.71. The first kappa shape index (κ1) is 25.5. The first-order valence-electron chi connectivity index (χ1n) is 12.4. The monoisotopic (exact) mass is 563 g/mol. The van der Waals surface area contributed by atoms with Crippen LogP contribution in [0.1, 0.15) is 11.3 Å². The molecule has 2 heterocycles. The van der Waals surface area contributed by atoms with Gasteiger partial charge in [0.15, 0.2) is 5.11 Å². The van der Waals surface area contributed by atoms with Crippen LogP contribution >= 0.6 is 23.8 Å². The SMILES string of the molecule is Cc1cc2nn(-c3cccc4ccccc34)nc2cc1NC(=S)NC(=O)C=Cc1ccc(-c2ccc(Cl)cc2)o1. The molecule has 0 aliphatic carbocycles. The molecule has 0 saturated heterocycles. The van der Waals surface area contributed by atoms with Crippen molar-refractivity contribution in [1.29, 1.82) is 0 Å². The van der Waals surface area contributed by atoms with E-state index in [1.165, 1.54) is 6.08 Å². The highest BCUT2D eigenvalue weighted by atomic mass is 35.5. The average molecular weight is 564 g/mol. The number of nitrogens with zero attached hydrogens (tertiary/aromatic N) is 3. The molecule has 0 saturated carbocycles. The Morgan fingerprint density at radius 3 is 2.52 bits per heavy atom. The predicted molar refractivity (Wildman–Crippen MR) is 164 cm³/mol. The zero-order valence-electron chi connectivity index (χ0n) is 21.3. The quantitative estimate of drug-likeness (QED) is 0.169. The molecule has 0 fully saturated rings. The van der Waals surface area contributed by atoms with Crippen molar-refractivity contribution in [3.63, 3.8) is 0 Å². The molecule has 0 spiro atoms. The lowest BCUT2D eigenvalue weighted by atomic mass is 10.1. The number of carbonyl (C=O) groups is 1. The second-order valence-electron chi connectivity index (χ2n) is 9.13. The summed E-state index contributed by atoms with van der Waals surface area (Å²) in [5, 5.41) is 18.2. The number of hydrogen-bond acceptors (Lipinski definition) is 5. The van der Waals surface area contributed by atoms with Gasteiger partial charge in [0.05, 0.1) is 5.69 Å². The van der Waals surface area contributed by atoms with Gasteiger partial charge in [0.1, 0.15) is 22.6 Å². The molecular formula is C31H22ClN5O2S. The minimum Gasteiger partial charge on any atom is -0.457 e. The zero-order valence-corrected chi connectivity index (χ0v) is 22.8. The number of thiocarbonyl (C=S) groups is 1. The van der Waals surface area contributed by atoms with Gasteiger partial charge in [-0.3, -0.25) is 10.1 Å². The van der Waals surface area contributed by atoms with Gasteiger partial charge in [-0.15, -0.1) is 15.0 Å². The number of hydrogen-bond donors (Lipinski definition) is 2. The number of aryl methyl sites for hydroxylation is 1. The highest BCUT2D eigenvalue weighted by molar-refractivity contribution is 7.80. The molecule has 196 valence electrons. The van der Waals surface area contributed by atoms with E-state index in [4.69, 9.17) is 38.4 Å². The minimum absolute atomic E-state index is 0.167. The third kappa shape index (κ3) is 5.36. The van der Waals surface area contributed by atoms with Gasteiger partial charge in [-0.2, -0.15) is 0 Å². The maximum absolute atomic E-state index is 12.5. The third-order valence-corrected chi connectivity index (χ3v) is 6.80. The Kier molecular flexibility index (Phi) is 6.86. The molecule has 2 N–H and O–H groups in total. The molecule has 0 bridgehead atoms. The molecule has 0 aliphatic heterocycles. The lowest BCUT2D eigenvalue weighted by Gasteiger charge is -2.10. The molecule has 40 heavy (non-hydrogen) atoms. The second kappa shape index (κ2) is 10.8. The van der Waals surface area contributed by atoms with Crippen LogP contribution in [0.4, 0.5) is 5.69 Å². The summed E-state index contributed by atoms with van der Waals surface area (Å²) in [6.45, 7) is 1.94. The van der Waals surface area contributed by atoms with Gasteiger partial charge in [-0.05, 0) is 90.8 Å². The Balaban J connectivity index is 1.14. The molecule has 0 radical (unpaired) electrons. The molecule has 0 unspecified atom stereocenters. The topological polar surface area (TPSA) is 85.0 Å². The second-order valence-corrected chi connectivity index (χ2v) is 9.97. The van der Waals surface area contributed by atoms with E-state index in [0.717, 1.165) is 38.8 Å². The van der Waals surface area contributed by atoms with E-state index < -0.39 is 0 Å². The number of halogens is 1. The smallest absolute Gasteiger partial charge is 0.250 e. The molecule has 4 aromatic carbocycles. The molecule has 7 nitrogen and oxygen atoms in total. The average Bonchev–Trinajstić information content (AvgIpc) is 3.59. The largest absolute Gasteiger partial charge is 0.457 e. The van der Waals surface area contributed by atoms with Crippen LogP contribution in [0.2, 0.25) is 5.02 Å². The van der Waals surface area contributed by atoms with Crippen LogP contribution < -0.4 is 10.6 Å². The third-order valence-electron chi connectivity index (χ3n) is 6.35. The normalized spacial score (nSPS) is 11.3. The van der Waals surface area contributed by atoms with Crippen molar-refractivity contribution in [2.75, 3.05) is 5.32 Å².